The highest BCUT2D eigenvalue weighted by Gasteiger charge is 2.33. The van der Waals surface area contributed by atoms with Gasteiger partial charge in [0.25, 0.3) is 0 Å². The van der Waals surface area contributed by atoms with E-state index in [1.54, 1.807) is 12.4 Å². The van der Waals surface area contributed by atoms with Gasteiger partial charge in [0.15, 0.2) is 0 Å². The fourth-order valence-corrected chi connectivity index (χ4v) is 2.66. The second kappa shape index (κ2) is 4.60. The van der Waals surface area contributed by atoms with E-state index in [4.69, 9.17) is 11.6 Å². The number of nitrogens with zero attached hydrogens (tertiary/aromatic N) is 2. The molecule has 0 aliphatic carbocycles. The Morgan fingerprint density at radius 3 is 3.12 bits per heavy atom. The number of aromatic nitrogens is 1. The van der Waals surface area contributed by atoms with E-state index in [1.165, 1.54) is 6.42 Å². The molecule has 4 heteroatoms. The Morgan fingerprint density at radius 2 is 2.44 bits per heavy atom. The zero-order chi connectivity index (χ0) is 11.6. The van der Waals surface area contributed by atoms with Crippen LogP contribution in [-0.4, -0.2) is 31.7 Å². The molecule has 0 aromatic carbocycles. The summed E-state index contributed by atoms with van der Waals surface area (Å²) < 4.78 is 0. The topological polar surface area (TPSA) is 28.2 Å². The van der Waals surface area contributed by atoms with Gasteiger partial charge in [-0.25, -0.2) is 0 Å². The first-order chi connectivity index (χ1) is 7.64. The van der Waals surface area contributed by atoms with Crippen LogP contribution in [0.25, 0.3) is 0 Å². The maximum absolute atomic E-state index is 6.15. The predicted molar refractivity (Wildman–Crippen MR) is 68.1 cm³/mol. The van der Waals surface area contributed by atoms with Gasteiger partial charge in [-0.3, -0.25) is 4.98 Å². The minimum Gasteiger partial charge on any atom is -0.370 e. The van der Waals surface area contributed by atoms with Crippen molar-refractivity contribution < 1.29 is 0 Å². The van der Waals surface area contributed by atoms with Crippen LogP contribution in [0, 0.1) is 5.41 Å². The van der Waals surface area contributed by atoms with Crippen molar-refractivity contribution in [1.29, 1.82) is 0 Å². The van der Waals surface area contributed by atoms with Crippen molar-refractivity contribution in [3.63, 3.8) is 0 Å². The molecule has 1 aliphatic heterocycles. The van der Waals surface area contributed by atoms with Gasteiger partial charge in [-0.2, -0.15) is 0 Å². The van der Waals surface area contributed by atoms with Gasteiger partial charge in [0.05, 0.1) is 10.7 Å². The molecule has 0 radical (unpaired) electrons. The average Bonchev–Trinajstić information content (AvgIpc) is 2.62. The highest BCUT2D eigenvalue weighted by molar-refractivity contribution is 6.33. The standard InChI is InChI=1S/C12H18ClN3/c1-12(8-14-2)4-6-16(9-12)11-3-5-15-7-10(11)13/h3,5,7,14H,4,6,8-9H2,1-2H3. The molecule has 0 amide bonds. The van der Waals surface area contributed by atoms with E-state index in [-0.39, 0.29) is 0 Å². The third-order valence-corrected chi connectivity index (χ3v) is 3.54. The Balaban J connectivity index is 2.12. The summed E-state index contributed by atoms with van der Waals surface area (Å²) >= 11 is 6.15. The zero-order valence-electron chi connectivity index (χ0n) is 9.83. The summed E-state index contributed by atoms with van der Waals surface area (Å²) in [5.74, 6) is 0. The maximum atomic E-state index is 6.15. The van der Waals surface area contributed by atoms with Crippen LogP contribution in [0.2, 0.25) is 5.02 Å². The monoisotopic (exact) mass is 239 g/mol. The highest BCUT2D eigenvalue weighted by atomic mass is 35.5. The molecule has 1 aromatic heterocycles. The molecule has 16 heavy (non-hydrogen) atoms. The molecule has 88 valence electrons. The Morgan fingerprint density at radius 1 is 1.62 bits per heavy atom. The van der Waals surface area contributed by atoms with Crippen molar-refractivity contribution in [3.8, 4) is 0 Å². The van der Waals surface area contributed by atoms with Crippen molar-refractivity contribution in [2.45, 2.75) is 13.3 Å². The molecule has 1 aliphatic rings. The predicted octanol–water partition coefficient (Wildman–Crippen LogP) is 2.17. The van der Waals surface area contributed by atoms with Crippen LogP contribution >= 0.6 is 11.6 Å². The van der Waals surface area contributed by atoms with Crippen molar-refractivity contribution in [3.05, 3.63) is 23.5 Å². The Bertz CT molecular complexity index is 369. The SMILES string of the molecule is CNCC1(C)CCN(c2ccncc2Cl)C1. The molecule has 1 atom stereocenters. The van der Waals surface area contributed by atoms with Crippen LogP contribution in [0.1, 0.15) is 13.3 Å². The molecule has 2 heterocycles. The third kappa shape index (κ3) is 2.30. The molecule has 1 fully saturated rings. The van der Waals surface area contributed by atoms with E-state index in [2.05, 4.69) is 22.1 Å². The van der Waals surface area contributed by atoms with Gasteiger partial charge in [-0.15, -0.1) is 0 Å². The molecule has 1 N–H and O–H groups in total. The van der Waals surface area contributed by atoms with Gasteiger partial charge in [0.2, 0.25) is 0 Å². The van der Waals surface area contributed by atoms with Crippen LogP contribution in [0.4, 0.5) is 5.69 Å². The maximum Gasteiger partial charge on any atom is 0.0822 e. The summed E-state index contributed by atoms with van der Waals surface area (Å²) in [5, 5.41) is 4.01. The van der Waals surface area contributed by atoms with E-state index in [1.807, 2.05) is 13.1 Å². The van der Waals surface area contributed by atoms with Crippen LogP contribution in [0.15, 0.2) is 18.5 Å². The number of hydrogen-bond donors (Lipinski definition) is 1. The van der Waals surface area contributed by atoms with E-state index in [0.717, 1.165) is 30.3 Å². The third-order valence-electron chi connectivity index (χ3n) is 3.25. The molecule has 0 spiro atoms. The zero-order valence-corrected chi connectivity index (χ0v) is 10.6. The number of anilines is 1. The van der Waals surface area contributed by atoms with Crippen molar-refractivity contribution in [2.75, 3.05) is 31.6 Å². The largest absolute Gasteiger partial charge is 0.370 e. The van der Waals surface area contributed by atoms with Crippen molar-refractivity contribution in [1.82, 2.24) is 10.3 Å². The molecule has 1 unspecified atom stereocenters. The first kappa shape index (κ1) is 11.7. The minimum absolute atomic E-state index is 0.349. The molecule has 2 rings (SSSR count). The number of pyridine rings is 1. The summed E-state index contributed by atoms with van der Waals surface area (Å²) in [4.78, 5) is 6.37. The summed E-state index contributed by atoms with van der Waals surface area (Å²) in [6, 6.07) is 1.99. The first-order valence-electron chi connectivity index (χ1n) is 5.64. The van der Waals surface area contributed by atoms with Crippen LogP contribution in [-0.2, 0) is 0 Å². The van der Waals surface area contributed by atoms with Gasteiger partial charge < -0.3 is 10.2 Å². The molecule has 0 bridgehead atoms. The lowest BCUT2D eigenvalue weighted by atomic mass is 9.90. The van der Waals surface area contributed by atoms with Gasteiger partial charge in [-0.1, -0.05) is 18.5 Å². The Hall–Kier alpha value is -0.800. The second-order valence-corrected chi connectivity index (χ2v) is 5.25. The van der Waals surface area contributed by atoms with Gasteiger partial charge in [0.1, 0.15) is 0 Å². The minimum atomic E-state index is 0.349. The smallest absolute Gasteiger partial charge is 0.0822 e. The lowest BCUT2D eigenvalue weighted by Crippen LogP contribution is -2.33. The highest BCUT2D eigenvalue weighted by Crippen LogP contribution is 2.35. The molecule has 1 aromatic rings. The molecular weight excluding hydrogens is 222 g/mol. The van der Waals surface area contributed by atoms with E-state index >= 15 is 0 Å². The van der Waals surface area contributed by atoms with Crippen molar-refractivity contribution in [2.24, 2.45) is 5.41 Å². The Kier molecular flexibility index (Phi) is 3.36. The average molecular weight is 240 g/mol. The first-order valence-corrected chi connectivity index (χ1v) is 6.01. The lowest BCUT2D eigenvalue weighted by Gasteiger charge is -2.25. The second-order valence-electron chi connectivity index (χ2n) is 4.84. The van der Waals surface area contributed by atoms with Gasteiger partial charge in [-0.05, 0) is 24.9 Å². The summed E-state index contributed by atoms with van der Waals surface area (Å²) in [7, 11) is 2.01. The fraction of sp³-hybridized carbons (Fsp3) is 0.583. The number of rotatable bonds is 3. The van der Waals surface area contributed by atoms with Gasteiger partial charge in [0, 0.05) is 32.0 Å². The number of hydrogen-bond acceptors (Lipinski definition) is 3. The molecule has 3 nitrogen and oxygen atoms in total. The number of halogens is 1. The lowest BCUT2D eigenvalue weighted by molar-refractivity contribution is 0.356. The molecule has 1 saturated heterocycles. The normalized spacial score (nSPS) is 25.1. The number of nitrogens with one attached hydrogen (secondary N) is 1. The van der Waals surface area contributed by atoms with Crippen LogP contribution in [0.3, 0.4) is 0 Å². The van der Waals surface area contributed by atoms with E-state index in [9.17, 15) is 0 Å². The Labute approximate surface area is 102 Å². The summed E-state index contributed by atoms with van der Waals surface area (Å²) in [5.41, 5.74) is 1.46. The fourth-order valence-electron chi connectivity index (χ4n) is 2.42. The summed E-state index contributed by atoms with van der Waals surface area (Å²) in [6.45, 7) is 5.49. The van der Waals surface area contributed by atoms with Crippen LogP contribution < -0.4 is 10.2 Å². The summed E-state index contributed by atoms with van der Waals surface area (Å²) in [6.07, 6.45) is 4.71. The van der Waals surface area contributed by atoms with E-state index < -0.39 is 0 Å². The molecule has 0 saturated carbocycles. The van der Waals surface area contributed by atoms with Crippen molar-refractivity contribution >= 4 is 17.3 Å². The quantitative estimate of drug-likeness (QED) is 0.877. The van der Waals surface area contributed by atoms with E-state index in [0.29, 0.717) is 5.41 Å². The molecular formula is C12H18ClN3. The van der Waals surface area contributed by atoms with Gasteiger partial charge >= 0.3 is 0 Å². The van der Waals surface area contributed by atoms with Crippen LogP contribution in [0.5, 0.6) is 0 Å².